The molecule has 1 aromatic rings. The number of methoxy groups -OCH3 is 1. The molecular formula is C14H26ClIN4O. The normalized spacial score (nSPS) is 12.0. The van der Waals surface area contributed by atoms with Crippen LogP contribution in [0.2, 0.25) is 5.02 Å². The lowest BCUT2D eigenvalue weighted by Crippen LogP contribution is -2.45. The van der Waals surface area contributed by atoms with Crippen molar-refractivity contribution in [3.8, 4) is 0 Å². The van der Waals surface area contributed by atoms with E-state index < -0.39 is 0 Å². The molecule has 0 amide bonds. The second kappa shape index (κ2) is 8.85. The molecule has 0 unspecified atom stereocenters. The van der Waals surface area contributed by atoms with E-state index in [2.05, 4.69) is 15.2 Å². The van der Waals surface area contributed by atoms with Crippen molar-refractivity contribution in [3.05, 3.63) is 23.0 Å². The molecule has 0 aliphatic carbocycles. The van der Waals surface area contributed by atoms with E-state index in [0.29, 0.717) is 6.54 Å². The summed E-state index contributed by atoms with van der Waals surface area (Å²) in [5.74, 6) is 0.826. The molecule has 1 aromatic heterocycles. The predicted molar refractivity (Wildman–Crippen MR) is 99.8 cm³/mol. The Kier molecular flexibility index (Phi) is 8.65. The molecule has 5 nitrogen and oxygen atoms in total. The SMILES string of the molecule is CN=C(NCC(C)(C)OC)N(C)Cc1cc(Cl)cn1C.I. The number of halogens is 2. The van der Waals surface area contributed by atoms with Crippen LogP contribution in [0.1, 0.15) is 19.5 Å². The standard InChI is InChI=1S/C14H25ClN4O.HI/c1-14(2,20-6)10-17-13(16-3)19(5)9-12-7-11(15)8-18(12)4;/h7-8H,9-10H2,1-6H3,(H,16,17);1H. The van der Waals surface area contributed by atoms with Crippen LogP contribution >= 0.6 is 35.6 Å². The summed E-state index contributed by atoms with van der Waals surface area (Å²) < 4.78 is 7.41. The number of nitrogens with one attached hydrogen (secondary N) is 1. The van der Waals surface area contributed by atoms with Gasteiger partial charge in [0.2, 0.25) is 0 Å². The molecule has 0 aliphatic rings. The smallest absolute Gasteiger partial charge is 0.193 e. The molecule has 0 fully saturated rings. The van der Waals surface area contributed by atoms with Crippen molar-refractivity contribution in [2.24, 2.45) is 12.0 Å². The number of hydrogen-bond acceptors (Lipinski definition) is 2. The highest BCUT2D eigenvalue weighted by Gasteiger charge is 2.18. The number of aryl methyl sites for hydroxylation is 1. The Balaban J connectivity index is 0.00000400. The first kappa shape index (κ1) is 20.5. The summed E-state index contributed by atoms with van der Waals surface area (Å²) in [4.78, 5) is 6.34. The van der Waals surface area contributed by atoms with Gasteiger partial charge in [0.05, 0.1) is 17.2 Å². The van der Waals surface area contributed by atoms with Gasteiger partial charge in [-0.2, -0.15) is 0 Å². The number of guanidine groups is 1. The molecule has 1 N–H and O–H groups in total. The fraction of sp³-hybridized carbons (Fsp3) is 0.643. The van der Waals surface area contributed by atoms with Gasteiger partial charge in [-0.1, -0.05) is 11.6 Å². The van der Waals surface area contributed by atoms with Gasteiger partial charge < -0.3 is 19.5 Å². The van der Waals surface area contributed by atoms with E-state index in [1.54, 1.807) is 14.2 Å². The summed E-state index contributed by atoms with van der Waals surface area (Å²) >= 11 is 6.00. The molecule has 1 heterocycles. The third kappa shape index (κ3) is 6.44. The third-order valence-corrected chi connectivity index (χ3v) is 3.48. The Morgan fingerprint density at radius 3 is 2.57 bits per heavy atom. The Morgan fingerprint density at radius 2 is 2.14 bits per heavy atom. The van der Waals surface area contributed by atoms with Crippen molar-refractivity contribution in [1.82, 2.24) is 14.8 Å². The van der Waals surface area contributed by atoms with Gasteiger partial charge in [-0.3, -0.25) is 4.99 Å². The van der Waals surface area contributed by atoms with Gasteiger partial charge >= 0.3 is 0 Å². The lowest BCUT2D eigenvalue weighted by Gasteiger charge is -2.28. The first-order valence-corrected chi connectivity index (χ1v) is 6.94. The molecule has 1 rings (SSSR count). The van der Waals surface area contributed by atoms with E-state index in [1.165, 1.54) is 0 Å². The van der Waals surface area contributed by atoms with Crippen LogP contribution in [0.15, 0.2) is 17.3 Å². The average Bonchev–Trinajstić information content (AvgIpc) is 2.68. The van der Waals surface area contributed by atoms with Crippen molar-refractivity contribution < 1.29 is 4.74 Å². The maximum absolute atomic E-state index is 6.00. The highest BCUT2D eigenvalue weighted by Crippen LogP contribution is 2.14. The van der Waals surface area contributed by atoms with Crippen LogP contribution in [0.25, 0.3) is 0 Å². The van der Waals surface area contributed by atoms with Crippen LogP contribution in [-0.2, 0) is 18.3 Å². The monoisotopic (exact) mass is 428 g/mol. The molecule has 7 heteroatoms. The molecule has 0 saturated carbocycles. The minimum atomic E-state index is -0.231. The molecule has 0 atom stereocenters. The minimum Gasteiger partial charge on any atom is -0.377 e. The van der Waals surface area contributed by atoms with Gasteiger partial charge in [0.1, 0.15) is 0 Å². The zero-order valence-electron chi connectivity index (χ0n) is 13.6. The van der Waals surface area contributed by atoms with Crippen molar-refractivity contribution in [1.29, 1.82) is 0 Å². The first-order chi connectivity index (χ1) is 9.29. The number of rotatable bonds is 5. The van der Waals surface area contributed by atoms with E-state index in [0.717, 1.165) is 23.2 Å². The van der Waals surface area contributed by atoms with E-state index in [1.807, 2.05) is 44.8 Å². The molecule has 0 aromatic carbocycles. The summed E-state index contributed by atoms with van der Waals surface area (Å²) in [5, 5.41) is 4.06. The number of hydrogen-bond donors (Lipinski definition) is 1. The number of ether oxygens (including phenoxy) is 1. The summed E-state index contributed by atoms with van der Waals surface area (Å²) in [6.07, 6.45) is 1.90. The fourth-order valence-electron chi connectivity index (χ4n) is 1.79. The van der Waals surface area contributed by atoms with Crippen molar-refractivity contribution >= 4 is 41.5 Å². The molecule has 0 saturated heterocycles. The average molecular weight is 429 g/mol. The van der Waals surface area contributed by atoms with E-state index >= 15 is 0 Å². The number of nitrogens with zero attached hydrogens (tertiary/aromatic N) is 3. The van der Waals surface area contributed by atoms with E-state index in [9.17, 15) is 0 Å². The number of aromatic nitrogens is 1. The van der Waals surface area contributed by atoms with Crippen LogP contribution in [0.5, 0.6) is 0 Å². The first-order valence-electron chi connectivity index (χ1n) is 6.56. The van der Waals surface area contributed by atoms with Gasteiger partial charge in [-0.25, -0.2) is 0 Å². The molecule has 0 spiro atoms. The summed E-state index contributed by atoms with van der Waals surface area (Å²) in [7, 11) is 7.46. The van der Waals surface area contributed by atoms with Crippen LogP contribution in [0.3, 0.4) is 0 Å². The number of aliphatic imine (C=N–C) groups is 1. The highest BCUT2D eigenvalue weighted by atomic mass is 127. The van der Waals surface area contributed by atoms with E-state index in [-0.39, 0.29) is 29.6 Å². The molecule has 0 aliphatic heterocycles. The van der Waals surface area contributed by atoms with Crippen molar-refractivity contribution in [2.45, 2.75) is 26.0 Å². The van der Waals surface area contributed by atoms with Gasteiger partial charge in [0.15, 0.2) is 5.96 Å². The summed E-state index contributed by atoms with van der Waals surface area (Å²) in [5.41, 5.74) is 0.900. The topological polar surface area (TPSA) is 41.8 Å². The fourth-order valence-corrected chi connectivity index (χ4v) is 2.06. The Bertz CT molecular complexity index is 474. The Labute approximate surface area is 149 Å². The quantitative estimate of drug-likeness (QED) is 0.445. The molecule has 0 radical (unpaired) electrons. The van der Waals surface area contributed by atoms with Gasteiger partial charge in [-0.05, 0) is 19.9 Å². The van der Waals surface area contributed by atoms with Gasteiger partial charge in [0, 0.05) is 46.7 Å². The minimum absolute atomic E-state index is 0. The van der Waals surface area contributed by atoms with Crippen molar-refractivity contribution in [2.75, 3.05) is 27.7 Å². The maximum atomic E-state index is 6.00. The summed E-state index contributed by atoms with van der Waals surface area (Å²) in [6.45, 7) is 5.49. The molecule has 0 bridgehead atoms. The van der Waals surface area contributed by atoms with Crippen LogP contribution in [-0.4, -0.2) is 48.8 Å². The second-order valence-electron chi connectivity index (χ2n) is 5.48. The predicted octanol–water partition coefficient (Wildman–Crippen LogP) is 2.73. The van der Waals surface area contributed by atoms with Gasteiger partial charge in [0.25, 0.3) is 0 Å². The second-order valence-corrected chi connectivity index (χ2v) is 5.92. The van der Waals surface area contributed by atoms with Crippen molar-refractivity contribution in [3.63, 3.8) is 0 Å². The third-order valence-electron chi connectivity index (χ3n) is 3.27. The van der Waals surface area contributed by atoms with Crippen LogP contribution in [0, 0.1) is 0 Å². The van der Waals surface area contributed by atoms with E-state index in [4.69, 9.17) is 16.3 Å². The van der Waals surface area contributed by atoms with Crippen LogP contribution < -0.4 is 5.32 Å². The lowest BCUT2D eigenvalue weighted by molar-refractivity contribution is 0.0264. The molecular weight excluding hydrogens is 403 g/mol. The molecule has 122 valence electrons. The zero-order valence-corrected chi connectivity index (χ0v) is 16.7. The van der Waals surface area contributed by atoms with Gasteiger partial charge in [-0.15, -0.1) is 24.0 Å². The Hall–Kier alpha value is -0.470. The maximum Gasteiger partial charge on any atom is 0.193 e. The zero-order chi connectivity index (χ0) is 15.3. The Morgan fingerprint density at radius 1 is 1.52 bits per heavy atom. The molecule has 21 heavy (non-hydrogen) atoms. The lowest BCUT2D eigenvalue weighted by atomic mass is 10.1. The summed E-state index contributed by atoms with van der Waals surface area (Å²) in [6, 6.07) is 1.96. The van der Waals surface area contributed by atoms with Crippen LogP contribution in [0.4, 0.5) is 0 Å². The largest absolute Gasteiger partial charge is 0.377 e. The highest BCUT2D eigenvalue weighted by molar-refractivity contribution is 14.0.